The number of fused-ring (bicyclic) bond motifs is 1. The lowest BCUT2D eigenvalue weighted by molar-refractivity contribution is -0.142. The molecule has 144 valence electrons. The van der Waals surface area contributed by atoms with Crippen molar-refractivity contribution in [2.45, 2.75) is 70.4 Å². The minimum absolute atomic E-state index is 0.0684. The number of piperidine rings is 1. The van der Waals surface area contributed by atoms with Crippen molar-refractivity contribution < 1.29 is 9.59 Å². The third-order valence-corrected chi connectivity index (χ3v) is 6.67. The maximum atomic E-state index is 13.3. The Hall–Kier alpha value is -1.81. The highest BCUT2D eigenvalue weighted by Crippen LogP contribution is 2.49. The molecule has 4 nitrogen and oxygen atoms in total. The molecule has 2 fully saturated rings. The second-order valence-corrected chi connectivity index (χ2v) is 8.51. The molecular formula is C22H27ClN2O2. The molecule has 5 heteroatoms. The standard InChI is InChI=1S/C22H27ClN2O2/c23-17-10-8-16(9-11-17)15-24-21(27)22-13-4-3-7-19(22)25(20(26)12-14-22)18-5-1-2-6-18/h7-11,18H,1-6,12-15H2,(H,24,27). The molecule has 1 atom stereocenters. The minimum atomic E-state index is -0.541. The molecule has 3 aliphatic rings. The number of hydrogen-bond donors (Lipinski definition) is 1. The highest BCUT2D eigenvalue weighted by molar-refractivity contribution is 6.30. The Balaban J connectivity index is 1.55. The van der Waals surface area contributed by atoms with Crippen molar-refractivity contribution in [3.63, 3.8) is 0 Å². The number of carbonyl (C=O) groups is 2. The fraction of sp³-hybridized carbons (Fsp3) is 0.545. The van der Waals surface area contributed by atoms with Crippen LogP contribution in [0.25, 0.3) is 0 Å². The van der Waals surface area contributed by atoms with Gasteiger partial charge >= 0.3 is 0 Å². The van der Waals surface area contributed by atoms with E-state index in [1.165, 1.54) is 12.8 Å². The van der Waals surface area contributed by atoms with E-state index >= 15 is 0 Å². The van der Waals surface area contributed by atoms with E-state index in [4.69, 9.17) is 11.6 Å². The highest BCUT2D eigenvalue weighted by Gasteiger charge is 2.51. The van der Waals surface area contributed by atoms with E-state index in [0.29, 0.717) is 24.4 Å². The predicted octanol–water partition coefficient (Wildman–Crippen LogP) is 4.58. The van der Waals surface area contributed by atoms with E-state index in [1.807, 2.05) is 29.2 Å². The second kappa shape index (κ2) is 7.67. The summed E-state index contributed by atoms with van der Waals surface area (Å²) in [5.74, 6) is 0.273. The molecule has 0 radical (unpaired) electrons. The van der Waals surface area contributed by atoms with Gasteiger partial charge in [-0.3, -0.25) is 9.59 Å². The maximum absolute atomic E-state index is 13.3. The zero-order valence-corrected chi connectivity index (χ0v) is 16.4. The van der Waals surface area contributed by atoms with Crippen molar-refractivity contribution in [1.82, 2.24) is 10.2 Å². The Kier molecular flexibility index (Phi) is 5.27. The molecule has 1 aliphatic heterocycles. The van der Waals surface area contributed by atoms with E-state index in [1.54, 1.807) is 0 Å². The summed E-state index contributed by atoms with van der Waals surface area (Å²) >= 11 is 5.95. The molecule has 1 N–H and O–H groups in total. The van der Waals surface area contributed by atoms with Crippen LogP contribution in [0.4, 0.5) is 0 Å². The predicted molar refractivity (Wildman–Crippen MR) is 106 cm³/mol. The number of likely N-dealkylation sites (tertiary alicyclic amines) is 1. The lowest BCUT2D eigenvalue weighted by Crippen LogP contribution is -2.55. The largest absolute Gasteiger partial charge is 0.351 e. The van der Waals surface area contributed by atoms with Gasteiger partial charge in [-0.25, -0.2) is 0 Å². The van der Waals surface area contributed by atoms with Gasteiger partial charge in [0.25, 0.3) is 0 Å². The van der Waals surface area contributed by atoms with Crippen molar-refractivity contribution in [2.75, 3.05) is 0 Å². The maximum Gasteiger partial charge on any atom is 0.232 e. The average molecular weight is 387 g/mol. The van der Waals surface area contributed by atoms with Gasteiger partial charge in [-0.2, -0.15) is 0 Å². The normalized spacial score (nSPS) is 25.9. The van der Waals surface area contributed by atoms with Gasteiger partial charge in [-0.15, -0.1) is 0 Å². The molecule has 4 rings (SSSR count). The summed E-state index contributed by atoms with van der Waals surface area (Å²) in [4.78, 5) is 28.1. The summed E-state index contributed by atoms with van der Waals surface area (Å²) in [6, 6.07) is 7.84. The van der Waals surface area contributed by atoms with Gasteiger partial charge in [-0.1, -0.05) is 42.7 Å². The molecule has 0 bridgehead atoms. The third-order valence-electron chi connectivity index (χ3n) is 6.42. The SMILES string of the molecule is O=C1CCC2(C(=O)NCc3ccc(Cl)cc3)CCCC=C2N1C1CCCC1. The van der Waals surface area contributed by atoms with Crippen molar-refractivity contribution >= 4 is 23.4 Å². The van der Waals surface area contributed by atoms with Crippen LogP contribution in [0.3, 0.4) is 0 Å². The fourth-order valence-electron chi connectivity index (χ4n) is 4.98. The first-order valence-electron chi connectivity index (χ1n) is 10.2. The summed E-state index contributed by atoms with van der Waals surface area (Å²) in [6.07, 6.45) is 10.5. The van der Waals surface area contributed by atoms with E-state index < -0.39 is 5.41 Å². The Morgan fingerprint density at radius 3 is 2.63 bits per heavy atom. The first-order valence-corrected chi connectivity index (χ1v) is 10.5. The van der Waals surface area contributed by atoms with Crippen molar-refractivity contribution in [3.05, 3.63) is 46.6 Å². The number of halogens is 1. The van der Waals surface area contributed by atoms with Crippen LogP contribution in [0.1, 0.15) is 63.4 Å². The highest BCUT2D eigenvalue weighted by atomic mass is 35.5. The first-order chi connectivity index (χ1) is 13.1. The Bertz CT molecular complexity index is 752. The molecule has 1 saturated carbocycles. The monoisotopic (exact) mass is 386 g/mol. The molecule has 1 aromatic rings. The van der Waals surface area contributed by atoms with E-state index in [2.05, 4.69) is 11.4 Å². The molecule has 1 heterocycles. The number of carbonyl (C=O) groups excluding carboxylic acids is 2. The Morgan fingerprint density at radius 2 is 1.89 bits per heavy atom. The van der Waals surface area contributed by atoms with E-state index in [0.717, 1.165) is 43.4 Å². The van der Waals surface area contributed by atoms with E-state index in [-0.39, 0.29) is 17.9 Å². The Morgan fingerprint density at radius 1 is 1.15 bits per heavy atom. The first kappa shape index (κ1) is 18.5. The molecule has 1 aromatic carbocycles. The van der Waals surface area contributed by atoms with Crippen LogP contribution in [0, 0.1) is 5.41 Å². The fourth-order valence-corrected chi connectivity index (χ4v) is 5.11. The molecule has 1 unspecified atom stereocenters. The molecule has 0 aromatic heterocycles. The van der Waals surface area contributed by atoms with Crippen LogP contribution in [-0.4, -0.2) is 22.8 Å². The van der Waals surface area contributed by atoms with Gasteiger partial charge in [0, 0.05) is 29.7 Å². The van der Waals surface area contributed by atoms with Gasteiger partial charge in [0.1, 0.15) is 0 Å². The number of amides is 2. The smallest absolute Gasteiger partial charge is 0.232 e. The summed E-state index contributed by atoms with van der Waals surface area (Å²) in [6.45, 7) is 0.488. The van der Waals surface area contributed by atoms with Gasteiger partial charge < -0.3 is 10.2 Å². The molecule has 1 saturated heterocycles. The topological polar surface area (TPSA) is 49.4 Å². The van der Waals surface area contributed by atoms with Crippen molar-refractivity contribution in [2.24, 2.45) is 5.41 Å². The van der Waals surface area contributed by atoms with Crippen LogP contribution in [-0.2, 0) is 16.1 Å². The van der Waals surface area contributed by atoms with Gasteiger partial charge in [0.2, 0.25) is 11.8 Å². The number of hydrogen-bond acceptors (Lipinski definition) is 2. The molecule has 2 aliphatic carbocycles. The summed E-state index contributed by atoms with van der Waals surface area (Å²) in [5, 5.41) is 3.84. The summed E-state index contributed by atoms with van der Waals surface area (Å²) in [5.41, 5.74) is 1.48. The zero-order chi connectivity index (χ0) is 18.9. The Labute approximate surface area is 165 Å². The second-order valence-electron chi connectivity index (χ2n) is 8.07. The number of nitrogens with zero attached hydrogens (tertiary/aromatic N) is 1. The zero-order valence-electron chi connectivity index (χ0n) is 15.7. The number of benzene rings is 1. The van der Waals surface area contributed by atoms with Gasteiger partial charge in [0.15, 0.2) is 0 Å². The third kappa shape index (κ3) is 3.52. The van der Waals surface area contributed by atoms with Crippen LogP contribution in [0.5, 0.6) is 0 Å². The van der Waals surface area contributed by atoms with Crippen molar-refractivity contribution in [3.8, 4) is 0 Å². The van der Waals surface area contributed by atoms with Crippen LogP contribution in [0.15, 0.2) is 36.0 Å². The summed E-state index contributed by atoms with van der Waals surface area (Å²) in [7, 11) is 0. The molecule has 2 amide bonds. The van der Waals surface area contributed by atoms with E-state index in [9.17, 15) is 9.59 Å². The van der Waals surface area contributed by atoms with Crippen LogP contribution in [0.2, 0.25) is 5.02 Å². The molecule has 0 spiro atoms. The number of rotatable bonds is 4. The van der Waals surface area contributed by atoms with Crippen LogP contribution >= 0.6 is 11.6 Å². The minimum Gasteiger partial charge on any atom is -0.351 e. The number of nitrogens with one attached hydrogen (secondary N) is 1. The van der Waals surface area contributed by atoms with Gasteiger partial charge in [-0.05, 0) is 56.2 Å². The van der Waals surface area contributed by atoms with Crippen molar-refractivity contribution in [1.29, 1.82) is 0 Å². The van der Waals surface area contributed by atoms with Gasteiger partial charge in [0.05, 0.1) is 5.41 Å². The summed E-state index contributed by atoms with van der Waals surface area (Å²) < 4.78 is 0. The lowest BCUT2D eigenvalue weighted by Gasteiger charge is -2.48. The average Bonchev–Trinajstić information content (AvgIpc) is 3.21. The molecule has 27 heavy (non-hydrogen) atoms. The quantitative estimate of drug-likeness (QED) is 0.823. The number of allylic oxidation sites excluding steroid dienone is 1. The molecular weight excluding hydrogens is 360 g/mol. The van der Waals surface area contributed by atoms with Crippen LogP contribution < -0.4 is 5.32 Å². The lowest BCUT2D eigenvalue weighted by atomic mass is 9.68.